The largest absolute Gasteiger partial charge is 0.357 e. The topological polar surface area (TPSA) is 82.6 Å². The zero-order chi connectivity index (χ0) is 14.8. The zero-order valence-corrected chi connectivity index (χ0v) is 13.5. The van der Waals surface area contributed by atoms with E-state index in [0.717, 1.165) is 25.8 Å². The number of nitrogens with zero attached hydrogens (tertiary/aromatic N) is 1. The van der Waals surface area contributed by atoms with Gasteiger partial charge >= 0.3 is 0 Å². The van der Waals surface area contributed by atoms with Crippen LogP contribution in [0.15, 0.2) is 22.5 Å². The van der Waals surface area contributed by atoms with Gasteiger partial charge in [-0.1, -0.05) is 6.07 Å². The molecular weight excluding hydrogens is 296 g/mol. The lowest BCUT2D eigenvalue weighted by Crippen LogP contribution is -2.39. The van der Waals surface area contributed by atoms with E-state index in [1.807, 2.05) is 13.0 Å². The first-order chi connectivity index (χ1) is 9.51. The van der Waals surface area contributed by atoms with Gasteiger partial charge in [-0.15, -0.1) is 11.3 Å². The van der Waals surface area contributed by atoms with E-state index in [-0.39, 0.29) is 0 Å². The van der Waals surface area contributed by atoms with Crippen molar-refractivity contribution in [3.63, 3.8) is 0 Å². The molecule has 0 fully saturated rings. The van der Waals surface area contributed by atoms with Gasteiger partial charge in [0.15, 0.2) is 5.96 Å². The summed E-state index contributed by atoms with van der Waals surface area (Å²) >= 11 is 1.74. The highest BCUT2D eigenvalue weighted by Gasteiger charge is 2.00. The molecule has 0 aromatic carbocycles. The number of hydrogen-bond acceptors (Lipinski definition) is 4. The molecule has 0 spiro atoms. The Morgan fingerprint density at radius 3 is 2.75 bits per heavy atom. The second-order valence-corrected chi connectivity index (χ2v) is 7.05. The van der Waals surface area contributed by atoms with Crippen LogP contribution < -0.4 is 15.4 Å². The van der Waals surface area contributed by atoms with E-state index >= 15 is 0 Å². The monoisotopic (exact) mass is 318 g/mol. The molecule has 0 aliphatic carbocycles. The number of thiophene rings is 1. The molecule has 6 nitrogen and oxygen atoms in total. The van der Waals surface area contributed by atoms with Crippen LogP contribution in [0, 0.1) is 0 Å². The second-order valence-electron chi connectivity index (χ2n) is 4.18. The summed E-state index contributed by atoms with van der Waals surface area (Å²) in [6, 6.07) is 4.14. The van der Waals surface area contributed by atoms with E-state index in [9.17, 15) is 8.42 Å². The Hall–Kier alpha value is -1.12. The van der Waals surface area contributed by atoms with Crippen molar-refractivity contribution in [3.05, 3.63) is 22.4 Å². The molecule has 8 heteroatoms. The van der Waals surface area contributed by atoms with E-state index < -0.39 is 10.0 Å². The molecule has 0 atom stereocenters. The Kier molecular flexibility index (Phi) is 7.56. The highest BCUT2D eigenvalue weighted by Crippen LogP contribution is 2.07. The van der Waals surface area contributed by atoms with Crippen LogP contribution in [-0.4, -0.2) is 46.8 Å². The van der Waals surface area contributed by atoms with Gasteiger partial charge in [0.2, 0.25) is 10.0 Å². The first kappa shape index (κ1) is 16.9. The third-order valence-electron chi connectivity index (χ3n) is 2.33. The first-order valence-corrected chi connectivity index (χ1v) is 9.27. The summed E-state index contributed by atoms with van der Waals surface area (Å²) in [6.07, 6.45) is 2.09. The van der Waals surface area contributed by atoms with Crippen LogP contribution in [-0.2, 0) is 16.4 Å². The molecule has 0 bridgehead atoms. The molecule has 1 aromatic heterocycles. The molecule has 0 aliphatic rings. The molecule has 1 heterocycles. The maximum atomic E-state index is 10.9. The predicted octanol–water partition coefficient (Wildman–Crippen LogP) is 0.395. The number of aliphatic imine (C=N–C) groups is 1. The van der Waals surface area contributed by atoms with E-state index in [1.165, 1.54) is 4.88 Å². The summed E-state index contributed by atoms with van der Waals surface area (Å²) in [6.45, 7) is 4.27. The summed E-state index contributed by atoms with van der Waals surface area (Å²) in [5.74, 6) is 0.708. The molecule has 0 amide bonds. The molecule has 1 aromatic rings. The maximum absolute atomic E-state index is 10.9. The number of rotatable bonds is 8. The molecule has 114 valence electrons. The standard InChI is InChI=1S/C12H22N4O2S2/c1-3-13-12(15-8-9-16-20(2,17)18)14-7-6-11-5-4-10-19-11/h4-5,10,16H,3,6-9H2,1-2H3,(H2,13,14,15). The Morgan fingerprint density at radius 2 is 2.15 bits per heavy atom. The van der Waals surface area contributed by atoms with Gasteiger partial charge < -0.3 is 10.6 Å². The zero-order valence-electron chi connectivity index (χ0n) is 11.8. The van der Waals surface area contributed by atoms with Crippen LogP contribution in [0.5, 0.6) is 0 Å². The minimum Gasteiger partial charge on any atom is -0.357 e. The second kappa shape index (κ2) is 8.93. The van der Waals surface area contributed by atoms with Crippen molar-refractivity contribution < 1.29 is 8.42 Å². The maximum Gasteiger partial charge on any atom is 0.208 e. The number of hydrogen-bond donors (Lipinski definition) is 3. The minimum absolute atomic E-state index is 0.306. The van der Waals surface area contributed by atoms with Gasteiger partial charge in [0, 0.05) is 24.5 Å². The van der Waals surface area contributed by atoms with E-state index in [2.05, 4.69) is 31.8 Å². The Morgan fingerprint density at radius 1 is 1.35 bits per heavy atom. The summed E-state index contributed by atoms with van der Waals surface area (Å²) in [5, 5.41) is 8.41. The van der Waals surface area contributed by atoms with Gasteiger partial charge in [0.25, 0.3) is 0 Å². The van der Waals surface area contributed by atoms with E-state index in [4.69, 9.17) is 0 Å². The average Bonchev–Trinajstić information content (AvgIpc) is 2.86. The number of sulfonamides is 1. The van der Waals surface area contributed by atoms with Crippen molar-refractivity contribution in [2.75, 3.05) is 32.4 Å². The van der Waals surface area contributed by atoms with Crippen molar-refractivity contribution in [3.8, 4) is 0 Å². The first-order valence-electron chi connectivity index (χ1n) is 6.50. The van der Waals surface area contributed by atoms with Crippen LogP contribution in [0.1, 0.15) is 11.8 Å². The van der Waals surface area contributed by atoms with Crippen molar-refractivity contribution in [2.24, 2.45) is 4.99 Å². The lowest BCUT2D eigenvalue weighted by Gasteiger charge is -2.10. The Bertz CT molecular complexity index is 498. The van der Waals surface area contributed by atoms with Crippen molar-refractivity contribution in [2.45, 2.75) is 13.3 Å². The van der Waals surface area contributed by atoms with Crippen molar-refractivity contribution in [1.82, 2.24) is 15.4 Å². The SMILES string of the molecule is CCNC(=NCCNS(C)(=O)=O)NCCc1cccs1. The summed E-state index contributed by atoms with van der Waals surface area (Å²) < 4.78 is 24.2. The minimum atomic E-state index is -3.14. The smallest absolute Gasteiger partial charge is 0.208 e. The molecule has 0 unspecified atom stereocenters. The average molecular weight is 318 g/mol. The predicted molar refractivity (Wildman–Crippen MR) is 84.9 cm³/mol. The van der Waals surface area contributed by atoms with Gasteiger partial charge in [0.05, 0.1) is 12.8 Å². The highest BCUT2D eigenvalue weighted by molar-refractivity contribution is 7.88. The quantitative estimate of drug-likeness (QED) is 0.368. The lowest BCUT2D eigenvalue weighted by atomic mass is 10.3. The fourth-order valence-electron chi connectivity index (χ4n) is 1.50. The van der Waals surface area contributed by atoms with Crippen molar-refractivity contribution >= 4 is 27.3 Å². The van der Waals surface area contributed by atoms with E-state index in [0.29, 0.717) is 19.0 Å². The van der Waals surface area contributed by atoms with Gasteiger partial charge in [0.1, 0.15) is 0 Å². The number of guanidine groups is 1. The summed E-state index contributed by atoms with van der Waals surface area (Å²) in [4.78, 5) is 5.63. The molecular formula is C12H22N4O2S2. The fraction of sp³-hybridized carbons (Fsp3) is 0.583. The van der Waals surface area contributed by atoms with Crippen molar-refractivity contribution in [1.29, 1.82) is 0 Å². The number of nitrogens with one attached hydrogen (secondary N) is 3. The third-order valence-corrected chi connectivity index (χ3v) is 4.00. The molecule has 3 N–H and O–H groups in total. The molecule has 0 aliphatic heterocycles. The van der Waals surface area contributed by atoms with Gasteiger partial charge in [-0.05, 0) is 24.8 Å². The summed E-state index contributed by atoms with van der Waals surface area (Å²) in [5.41, 5.74) is 0. The lowest BCUT2D eigenvalue weighted by molar-refractivity contribution is 0.588. The van der Waals surface area contributed by atoms with Gasteiger partial charge in [-0.2, -0.15) is 0 Å². The highest BCUT2D eigenvalue weighted by atomic mass is 32.2. The van der Waals surface area contributed by atoms with Crippen LogP contribution in [0.3, 0.4) is 0 Å². The fourth-order valence-corrected chi connectivity index (χ4v) is 2.67. The molecule has 0 saturated carbocycles. The van der Waals surface area contributed by atoms with Gasteiger partial charge in [-0.25, -0.2) is 13.1 Å². The van der Waals surface area contributed by atoms with Crippen LogP contribution >= 0.6 is 11.3 Å². The van der Waals surface area contributed by atoms with Crippen LogP contribution in [0.25, 0.3) is 0 Å². The van der Waals surface area contributed by atoms with Crippen LogP contribution in [0.4, 0.5) is 0 Å². The molecule has 0 saturated heterocycles. The Labute approximate surface area is 124 Å². The third kappa shape index (κ3) is 8.13. The normalized spacial score (nSPS) is 12.4. The molecule has 20 heavy (non-hydrogen) atoms. The van der Waals surface area contributed by atoms with Crippen LogP contribution in [0.2, 0.25) is 0 Å². The van der Waals surface area contributed by atoms with Gasteiger partial charge in [-0.3, -0.25) is 4.99 Å². The molecule has 0 radical (unpaired) electrons. The Balaban J connectivity index is 2.31. The van der Waals surface area contributed by atoms with E-state index in [1.54, 1.807) is 11.3 Å². The summed E-state index contributed by atoms with van der Waals surface area (Å²) in [7, 11) is -3.14. The molecule has 1 rings (SSSR count).